The summed E-state index contributed by atoms with van der Waals surface area (Å²) in [5.74, 6) is 0.719. The van der Waals surface area contributed by atoms with Crippen molar-refractivity contribution in [1.82, 2.24) is 29.5 Å². The zero-order chi connectivity index (χ0) is 20.4. The number of hydrogen-bond donors (Lipinski definition) is 2. The van der Waals surface area contributed by atoms with Crippen molar-refractivity contribution in [1.29, 1.82) is 0 Å². The van der Waals surface area contributed by atoms with Crippen LogP contribution in [-0.2, 0) is 14.8 Å². The van der Waals surface area contributed by atoms with Crippen LogP contribution < -0.4 is 10.5 Å². The maximum absolute atomic E-state index is 12.8. The molecule has 1 fully saturated rings. The van der Waals surface area contributed by atoms with E-state index in [9.17, 15) is 8.42 Å². The van der Waals surface area contributed by atoms with Crippen LogP contribution in [0.25, 0.3) is 17.1 Å². The van der Waals surface area contributed by atoms with Crippen LogP contribution in [-0.4, -0.2) is 52.9 Å². The topological polar surface area (TPSA) is 138 Å². The Bertz CT molecular complexity index is 1110. The molecule has 0 amide bonds. The van der Waals surface area contributed by atoms with E-state index in [2.05, 4.69) is 24.8 Å². The van der Waals surface area contributed by atoms with E-state index < -0.39 is 10.0 Å². The number of nitrogens with one attached hydrogen (secondary N) is 1. The summed E-state index contributed by atoms with van der Waals surface area (Å²) in [5, 5.41) is 4.03. The van der Waals surface area contributed by atoms with Crippen molar-refractivity contribution in [2.24, 2.45) is 5.92 Å². The Balaban J connectivity index is 1.66. The van der Waals surface area contributed by atoms with Gasteiger partial charge in [-0.05, 0) is 37.0 Å². The van der Waals surface area contributed by atoms with Gasteiger partial charge in [0.15, 0.2) is 11.6 Å². The molecule has 1 saturated heterocycles. The molecule has 1 atom stereocenters. The van der Waals surface area contributed by atoms with Gasteiger partial charge < -0.3 is 10.5 Å². The SMILES string of the molecule is Cc1ccc(S(=O)(=O)NC[C@H]2CCOC2)cc1-c1cnc(N)c(-n2cncn2)n1. The lowest BCUT2D eigenvalue weighted by Gasteiger charge is -2.13. The van der Waals surface area contributed by atoms with Gasteiger partial charge in [-0.15, -0.1) is 0 Å². The maximum atomic E-state index is 12.8. The highest BCUT2D eigenvalue weighted by atomic mass is 32.2. The molecule has 1 aromatic carbocycles. The fourth-order valence-electron chi connectivity index (χ4n) is 3.10. The number of aryl methyl sites for hydroxylation is 1. The number of anilines is 1. The van der Waals surface area contributed by atoms with Crippen LogP contribution >= 0.6 is 0 Å². The maximum Gasteiger partial charge on any atom is 0.240 e. The quantitative estimate of drug-likeness (QED) is 0.606. The molecule has 0 radical (unpaired) electrons. The molecular weight excluding hydrogens is 394 g/mol. The molecule has 1 aliphatic heterocycles. The normalized spacial score (nSPS) is 16.9. The molecule has 0 saturated carbocycles. The third-order valence-electron chi connectivity index (χ3n) is 4.80. The smallest absolute Gasteiger partial charge is 0.240 e. The van der Waals surface area contributed by atoms with E-state index in [4.69, 9.17) is 10.5 Å². The lowest BCUT2D eigenvalue weighted by molar-refractivity contribution is 0.186. The van der Waals surface area contributed by atoms with E-state index >= 15 is 0 Å². The van der Waals surface area contributed by atoms with E-state index in [0.29, 0.717) is 36.8 Å². The third-order valence-corrected chi connectivity index (χ3v) is 6.22. The Morgan fingerprint density at radius 2 is 2.24 bits per heavy atom. The summed E-state index contributed by atoms with van der Waals surface area (Å²) in [7, 11) is -3.66. The van der Waals surface area contributed by atoms with Gasteiger partial charge >= 0.3 is 0 Å². The molecule has 3 N–H and O–H groups in total. The first-order valence-corrected chi connectivity index (χ1v) is 10.6. The largest absolute Gasteiger partial charge is 0.381 e. The number of aromatic nitrogens is 5. The van der Waals surface area contributed by atoms with Crippen molar-refractivity contribution >= 4 is 15.8 Å². The Hall–Kier alpha value is -2.89. The predicted molar refractivity (Wildman–Crippen MR) is 106 cm³/mol. The molecule has 0 unspecified atom stereocenters. The Morgan fingerprint density at radius 3 is 2.97 bits per heavy atom. The molecule has 1 aliphatic rings. The van der Waals surface area contributed by atoms with Crippen molar-refractivity contribution in [2.45, 2.75) is 18.2 Å². The minimum atomic E-state index is -3.66. The lowest BCUT2D eigenvalue weighted by Crippen LogP contribution is -2.29. The Kier molecular flexibility index (Phi) is 5.26. The number of nitrogens with zero attached hydrogens (tertiary/aromatic N) is 5. The molecule has 0 spiro atoms. The summed E-state index contributed by atoms with van der Waals surface area (Å²) in [5.41, 5.74) is 7.91. The molecule has 152 valence electrons. The predicted octanol–water partition coefficient (Wildman–Crippen LogP) is 0.930. The highest BCUT2D eigenvalue weighted by Gasteiger charge is 2.21. The number of hydrogen-bond acceptors (Lipinski definition) is 8. The second-order valence-corrected chi connectivity index (χ2v) is 8.63. The monoisotopic (exact) mass is 415 g/mol. The first-order chi connectivity index (χ1) is 13.9. The Morgan fingerprint density at radius 1 is 1.38 bits per heavy atom. The third kappa shape index (κ3) is 4.11. The van der Waals surface area contributed by atoms with Gasteiger partial charge in [-0.1, -0.05) is 6.07 Å². The van der Waals surface area contributed by atoms with E-state index in [1.807, 2.05) is 6.92 Å². The van der Waals surface area contributed by atoms with Crippen LogP contribution in [0.3, 0.4) is 0 Å². The van der Waals surface area contributed by atoms with Crippen LogP contribution in [0.5, 0.6) is 0 Å². The molecule has 0 aliphatic carbocycles. The fraction of sp³-hybridized carbons (Fsp3) is 0.333. The van der Waals surface area contributed by atoms with Crippen molar-refractivity contribution in [3.05, 3.63) is 42.6 Å². The molecule has 10 nitrogen and oxygen atoms in total. The van der Waals surface area contributed by atoms with Gasteiger partial charge in [0.05, 0.1) is 23.4 Å². The number of benzene rings is 1. The Labute approximate surface area is 168 Å². The van der Waals surface area contributed by atoms with Crippen LogP contribution in [0.15, 0.2) is 41.9 Å². The fourth-order valence-corrected chi connectivity index (χ4v) is 4.25. The summed E-state index contributed by atoms with van der Waals surface area (Å²) < 4.78 is 34.9. The van der Waals surface area contributed by atoms with E-state index in [1.165, 1.54) is 23.5 Å². The number of ether oxygens (including phenoxy) is 1. The van der Waals surface area contributed by atoms with Crippen molar-refractivity contribution in [3.8, 4) is 17.1 Å². The standard InChI is InChI=1S/C18H21N7O3S/c1-12-2-3-14(29(26,27)23-7-13-4-5-28-9-13)6-15(12)16-8-21-17(19)18(24-16)25-11-20-10-22-25/h2-3,6,8,10-11,13,23H,4-5,7,9H2,1H3,(H2,19,21)/t13-/m1/s1. The van der Waals surface area contributed by atoms with Crippen LogP contribution in [0, 0.1) is 12.8 Å². The van der Waals surface area contributed by atoms with Crippen LogP contribution in [0.1, 0.15) is 12.0 Å². The summed E-state index contributed by atoms with van der Waals surface area (Å²) in [4.78, 5) is 12.8. The van der Waals surface area contributed by atoms with Crippen LogP contribution in [0.2, 0.25) is 0 Å². The van der Waals surface area contributed by atoms with Crippen molar-refractivity contribution in [2.75, 3.05) is 25.5 Å². The molecule has 3 aromatic rings. The minimum Gasteiger partial charge on any atom is -0.381 e. The van der Waals surface area contributed by atoms with E-state index in [-0.39, 0.29) is 16.6 Å². The van der Waals surface area contributed by atoms with Crippen LogP contribution in [0.4, 0.5) is 5.82 Å². The molecule has 4 rings (SSSR count). The second-order valence-electron chi connectivity index (χ2n) is 6.86. The average molecular weight is 415 g/mol. The summed E-state index contributed by atoms with van der Waals surface area (Å²) >= 11 is 0. The molecule has 29 heavy (non-hydrogen) atoms. The van der Waals surface area contributed by atoms with Gasteiger partial charge in [-0.2, -0.15) is 9.78 Å². The van der Waals surface area contributed by atoms with Gasteiger partial charge in [0.2, 0.25) is 10.0 Å². The summed E-state index contributed by atoms with van der Waals surface area (Å²) in [6.07, 6.45) is 5.20. The van der Waals surface area contributed by atoms with Gasteiger partial charge in [0.1, 0.15) is 12.7 Å². The average Bonchev–Trinajstić information content (AvgIpc) is 3.41. The number of nitrogen functional groups attached to an aromatic ring is 1. The van der Waals surface area contributed by atoms with Gasteiger partial charge in [0, 0.05) is 18.7 Å². The van der Waals surface area contributed by atoms with Gasteiger partial charge in [-0.25, -0.2) is 28.1 Å². The number of rotatable bonds is 6. The molecule has 3 heterocycles. The zero-order valence-corrected chi connectivity index (χ0v) is 16.6. The number of sulfonamides is 1. The minimum absolute atomic E-state index is 0.165. The first-order valence-electron chi connectivity index (χ1n) is 9.10. The first kappa shape index (κ1) is 19.4. The van der Waals surface area contributed by atoms with Crippen molar-refractivity contribution < 1.29 is 13.2 Å². The molecule has 0 bridgehead atoms. The second kappa shape index (κ2) is 7.85. The van der Waals surface area contributed by atoms with E-state index in [1.54, 1.807) is 18.2 Å². The van der Waals surface area contributed by atoms with Gasteiger partial charge in [0.25, 0.3) is 0 Å². The molecule has 2 aromatic heterocycles. The van der Waals surface area contributed by atoms with E-state index in [0.717, 1.165) is 12.0 Å². The van der Waals surface area contributed by atoms with Crippen molar-refractivity contribution in [3.63, 3.8) is 0 Å². The zero-order valence-electron chi connectivity index (χ0n) is 15.8. The highest BCUT2D eigenvalue weighted by molar-refractivity contribution is 7.89. The summed E-state index contributed by atoms with van der Waals surface area (Å²) in [6.45, 7) is 3.48. The molecular formula is C18H21N7O3S. The summed E-state index contributed by atoms with van der Waals surface area (Å²) in [6, 6.07) is 4.92. The van der Waals surface area contributed by atoms with Gasteiger partial charge in [-0.3, -0.25) is 0 Å². The highest BCUT2D eigenvalue weighted by Crippen LogP contribution is 2.26. The number of nitrogens with two attached hydrogens (primary N) is 1. The lowest BCUT2D eigenvalue weighted by atomic mass is 10.1. The molecule has 11 heteroatoms.